The summed E-state index contributed by atoms with van der Waals surface area (Å²) in [6.45, 7) is 5.78. The number of aromatic nitrogens is 2. The first-order chi connectivity index (χ1) is 9.65. The molecule has 1 aromatic carbocycles. The lowest BCUT2D eigenvalue weighted by Crippen LogP contribution is -2.09. The Morgan fingerprint density at radius 2 is 2.30 bits per heavy atom. The zero-order valence-electron chi connectivity index (χ0n) is 11.7. The summed E-state index contributed by atoms with van der Waals surface area (Å²) in [5, 5.41) is 3.40. The molecule has 2 aromatic rings. The summed E-state index contributed by atoms with van der Waals surface area (Å²) in [6, 6.07) is 4.64. The van der Waals surface area contributed by atoms with Crippen LogP contribution in [-0.2, 0) is 13.0 Å². The highest BCUT2D eigenvalue weighted by atomic mass is 79.9. The molecule has 1 aliphatic rings. The number of rotatable bonds is 4. The summed E-state index contributed by atoms with van der Waals surface area (Å²) in [5.41, 5.74) is 2.45. The first kappa shape index (κ1) is 13.5. The van der Waals surface area contributed by atoms with Crippen molar-refractivity contribution in [3.8, 4) is 5.75 Å². The molecular formula is C15H18BrN3O. The van der Waals surface area contributed by atoms with Gasteiger partial charge in [-0.15, -0.1) is 0 Å². The van der Waals surface area contributed by atoms with Gasteiger partial charge in [0.15, 0.2) is 0 Å². The standard InChI is InChI=1S/C15H18BrN3O/c1-10(2)19-5-4-17-15(19)18-9-12-8-13(16)7-11-3-6-20-14(11)12/h4-5,7-8,10H,3,6,9H2,1-2H3,(H,17,18). The van der Waals surface area contributed by atoms with Crippen molar-refractivity contribution in [2.75, 3.05) is 11.9 Å². The molecule has 0 atom stereocenters. The number of anilines is 1. The van der Waals surface area contributed by atoms with E-state index in [1.54, 1.807) is 0 Å². The van der Waals surface area contributed by atoms with Crippen LogP contribution in [0.3, 0.4) is 0 Å². The van der Waals surface area contributed by atoms with Crippen molar-refractivity contribution in [2.24, 2.45) is 0 Å². The van der Waals surface area contributed by atoms with E-state index in [1.807, 2.05) is 12.4 Å². The molecule has 20 heavy (non-hydrogen) atoms. The van der Waals surface area contributed by atoms with Crippen LogP contribution in [0.25, 0.3) is 0 Å². The molecule has 0 saturated heterocycles. The van der Waals surface area contributed by atoms with Gasteiger partial charge in [0.2, 0.25) is 5.95 Å². The number of ether oxygens (including phenoxy) is 1. The highest BCUT2D eigenvalue weighted by Crippen LogP contribution is 2.33. The van der Waals surface area contributed by atoms with Crippen molar-refractivity contribution in [2.45, 2.75) is 32.9 Å². The number of halogens is 1. The number of nitrogens with zero attached hydrogens (tertiary/aromatic N) is 2. The van der Waals surface area contributed by atoms with Crippen LogP contribution < -0.4 is 10.1 Å². The fourth-order valence-corrected chi connectivity index (χ4v) is 3.07. The van der Waals surface area contributed by atoms with Crippen LogP contribution in [-0.4, -0.2) is 16.2 Å². The fourth-order valence-electron chi connectivity index (χ4n) is 2.52. The molecule has 1 aliphatic heterocycles. The number of benzene rings is 1. The van der Waals surface area contributed by atoms with Crippen molar-refractivity contribution >= 4 is 21.9 Å². The molecule has 0 saturated carbocycles. The van der Waals surface area contributed by atoms with E-state index in [0.717, 1.165) is 29.2 Å². The van der Waals surface area contributed by atoms with Gasteiger partial charge in [-0.3, -0.25) is 0 Å². The molecule has 5 heteroatoms. The maximum atomic E-state index is 5.74. The largest absolute Gasteiger partial charge is 0.493 e. The van der Waals surface area contributed by atoms with Gasteiger partial charge in [-0.2, -0.15) is 0 Å². The van der Waals surface area contributed by atoms with Gasteiger partial charge in [0.25, 0.3) is 0 Å². The number of imidazole rings is 1. The van der Waals surface area contributed by atoms with Crippen molar-refractivity contribution in [3.05, 3.63) is 40.1 Å². The Labute approximate surface area is 127 Å². The molecular weight excluding hydrogens is 318 g/mol. The topological polar surface area (TPSA) is 39.1 Å². The zero-order valence-corrected chi connectivity index (χ0v) is 13.3. The Bertz CT molecular complexity index is 622. The smallest absolute Gasteiger partial charge is 0.203 e. The Balaban J connectivity index is 1.81. The van der Waals surface area contributed by atoms with Gasteiger partial charge in [0.1, 0.15) is 5.75 Å². The summed E-state index contributed by atoms with van der Waals surface area (Å²) in [4.78, 5) is 4.37. The van der Waals surface area contributed by atoms with Gasteiger partial charge >= 0.3 is 0 Å². The number of fused-ring (bicyclic) bond motifs is 1. The highest BCUT2D eigenvalue weighted by Gasteiger charge is 2.17. The van der Waals surface area contributed by atoms with Crippen LogP contribution in [0.5, 0.6) is 5.75 Å². The van der Waals surface area contributed by atoms with Crippen molar-refractivity contribution in [1.29, 1.82) is 0 Å². The maximum absolute atomic E-state index is 5.74. The molecule has 0 fully saturated rings. The first-order valence-corrected chi connectivity index (χ1v) is 7.65. The molecule has 106 valence electrons. The molecule has 1 N–H and O–H groups in total. The average molecular weight is 336 g/mol. The lowest BCUT2D eigenvalue weighted by molar-refractivity contribution is 0.353. The lowest BCUT2D eigenvalue weighted by atomic mass is 10.1. The average Bonchev–Trinajstić information content (AvgIpc) is 3.03. The number of hydrogen-bond donors (Lipinski definition) is 1. The Kier molecular flexibility index (Phi) is 3.70. The first-order valence-electron chi connectivity index (χ1n) is 6.86. The van der Waals surface area contributed by atoms with E-state index in [1.165, 1.54) is 11.1 Å². The summed E-state index contributed by atoms with van der Waals surface area (Å²) < 4.78 is 8.97. The van der Waals surface area contributed by atoms with Gasteiger partial charge in [-0.1, -0.05) is 15.9 Å². The van der Waals surface area contributed by atoms with Crippen molar-refractivity contribution in [3.63, 3.8) is 0 Å². The molecule has 0 amide bonds. The minimum atomic E-state index is 0.393. The predicted molar refractivity (Wildman–Crippen MR) is 83.3 cm³/mol. The fraction of sp³-hybridized carbons (Fsp3) is 0.400. The van der Waals surface area contributed by atoms with Crippen molar-refractivity contribution in [1.82, 2.24) is 9.55 Å². The third kappa shape index (κ3) is 2.54. The molecule has 1 aromatic heterocycles. The van der Waals surface area contributed by atoms with Crippen LogP contribution in [0.2, 0.25) is 0 Å². The SMILES string of the molecule is CC(C)n1ccnc1NCc1cc(Br)cc2c1OCC2. The normalized spacial score (nSPS) is 13.4. The Morgan fingerprint density at radius 1 is 1.45 bits per heavy atom. The molecule has 0 aliphatic carbocycles. The van der Waals surface area contributed by atoms with Gasteiger partial charge in [-0.25, -0.2) is 4.98 Å². The third-order valence-electron chi connectivity index (χ3n) is 3.49. The monoisotopic (exact) mass is 335 g/mol. The van der Waals surface area contributed by atoms with Crippen LogP contribution in [0, 0.1) is 0 Å². The van der Waals surface area contributed by atoms with Gasteiger partial charge < -0.3 is 14.6 Å². The Morgan fingerprint density at radius 3 is 3.10 bits per heavy atom. The lowest BCUT2D eigenvalue weighted by Gasteiger charge is -2.14. The van der Waals surface area contributed by atoms with E-state index in [-0.39, 0.29) is 0 Å². The van der Waals surface area contributed by atoms with Crippen molar-refractivity contribution < 1.29 is 4.74 Å². The van der Waals surface area contributed by atoms with Crippen LogP contribution in [0.1, 0.15) is 31.0 Å². The van der Waals surface area contributed by atoms with Gasteiger partial charge in [0.05, 0.1) is 6.61 Å². The van der Waals surface area contributed by atoms with E-state index < -0.39 is 0 Å². The second kappa shape index (κ2) is 5.48. The van der Waals surface area contributed by atoms with Crippen LogP contribution in [0.4, 0.5) is 5.95 Å². The molecule has 2 heterocycles. The maximum Gasteiger partial charge on any atom is 0.203 e. The molecule has 0 spiro atoms. The summed E-state index contributed by atoms with van der Waals surface area (Å²) in [5.74, 6) is 1.93. The van der Waals surface area contributed by atoms with E-state index in [0.29, 0.717) is 12.6 Å². The van der Waals surface area contributed by atoms with E-state index in [9.17, 15) is 0 Å². The van der Waals surface area contributed by atoms with Crippen LogP contribution in [0.15, 0.2) is 29.0 Å². The van der Waals surface area contributed by atoms with Crippen LogP contribution >= 0.6 is 15.9 Å². The molecule has 4 nitrogen and oxygen atoms in total. The second-order valence-electron chi connectivity index (χ2n) is 5.26. The van der Waals surface area contributed by atoms with E-state index in [2.05, 4.69) is 56.8 Å². The quantitative estimate of drug-likeness (QED) is 0.924. The molecule has 0 radical (unpaired) electrons. The van der Waals surface area contributed by atoms with Gasteiger partial charge in [0, 0.05) is 41.4 Å². The van der Waals surface area contributed by atoms with E-state index in [4.69, 9.17) is 4.74 Å². The third-order valence-corrected chi connectivity index (χ3v) is 3.95. The summed E-state index contributed by atoms with van der Waals surface area (Å²) >= 11 is 3.57. The predicted octanol–water partition coefficient (Wildman–Crippen LogP) is 3.77. The molecule has 0 bridgehead atoms. The van der Waals surface area contributed by atoms with Gasteiger partial charge in [-0.05, 0) is 31.5 Å². The van der Waals surface area contributed by atoms with E-state index >= 15 is 0 Å². The minimum absolute atomic E-state index is 0.393. The number of hydrogen-bond acceptors (Lipinski definition) is 3. The molecule has 0 unspecified atom stereocenters. The minimum Gasteiger partial charge on any atom is -0.493 e. The summed E-state index contributed by atoms with van der Waals surface area (Å²) in [7, 11) is 0. The number of nitrogens with one attached hydrogen (secondary N) is 1. The zero-order chi connectivity index (χ0) is 14.1. The summed E-state index contributed by atoms with van der Waals surface area (Å²) in [6.07, 6.45) is 4.81. The molecule has 3 rings (SSSR count). The second-order valence-corrected chi connectivity index (χ2v) is 6.17. The highest BCUT2D eigenvalue weighted by molar-refractivity contribution is 9.10. The Hall–Kier alpha value is -1.49.